The lowest BCUT2D eigenvalue weighted by atomic mass is 10.2. The molecule has 0 aliphatic carbocycles. The minimum Gasteiger partial charge on any atom is -0.482 e. The highest BCUT2D eigenvalue weighted by Gasteiger charge is 2.26. The Balaban J connectivity index is 0.00000306. The maximum atomic E-state index is 14.1. The number of hydrogen-bond acceptors (Lipinski definition) is 4. The number of carbonyl (C=O) groups excluding carboxylic acids is 1. The van der Waals surface area contributed by atoms with Crippen LogP contribution < -0.4 is 25.2 Å². The SMILES string of the molecule is CN=C(NCCCN1C(=O)COc2ccccc21)NC1CCN(c2ccc(F)cc2F)C1.I. The van der Waals surface area contributed by atoms with Crippen LogP contribution in [-0.2, 0) is 4.79 Å². The molecule has 1 amide bonds. The lowest BCUT2D eigenvalue weighted by Crippen LogP contribution is -2.45. The second-order valence-corrected chi connectivity index (χ2v) is 7.83. The van der Waals surface area contributed by atoms with Crippen molar-refractivity contribution in [3.63, 3.8) is 0 Å². The van der Waals surface area contributed by atoms with Crippen molar-refractivity contribution in [2.45, 2.75) is 18.9 Å². The second-order valence-electron chi connectivity index (χ2n) is 7.83. The Morgan fingerprint density at radius 2 is 2.03 bits per heavy atom. The van der Waals surface area contributed by atoms with Crippen LogP contribution in [0.25, 0.3) is 0 Å². The van der Waals surface area contributed by atoms with Gasteiger partial charge < -0.3 is 25.2 Å². The van der Waals surface area contributed by atoms with Gasteiger partial charge in [0.2, 0.25) is 0 Å². The van der Waals surface area contributed by atoms with E-state index in [9.17, 15) is 13.6 Å². The van der Waals surface area contributed by atoms with E-state index in [-0.39, 0.29) is 42.5 Å². The zero-order valence-corrected chi connectivity index (χ0v) is 20.7. The number of benzene rings is 2. The van der Waals surface area contributed by atoms with E-state index in [2.05, 4.69) is 15.6 Å². The summed E-state index contributed by atoms with van der Waals surface area (Å²) in [6.45, 7) is 2.54. The summed E-state index contributed by atoms with van der Waals surface area (Å²) in [7, 11) is 1.70. The van der Waals surface area contributed by atoms with Crippen molar-refractivity contribution in [2.24, 2.45) is 4.99 Å². The number of amides is 1. The molecule has 1 atom stereocenters. The quantitative estimate of drug-likeness (QED) is 0.242. The summed E-state index contributed by atoms with van der Waals surface area (Å²) in [6, 6.07) is 11.3. The lowest BCUT2D eigenvalue weighted by molar-refractivity contribution is -0.121. The van der Waals surface area contributed by atoms with Crippen LogP contribution >= 0.6 is 24.0 Å². The molecule has 0 aromatic heterocycles. The number of guanidine groups is 1. The van der Waals surface area contributed by atoms with Crippen molar-refractivity contribution in [2.75, 3.05) is 49.6 Å². The van der Waals surface area contributed by atoms with Gasteiger partial charge in [0.05, 0.1) is 11.4 Å². The minimum absolute atomic E-state index is 0. The summed E-state index contributed by atoms with van der Waals surface area (Å²) in [4.78, 5) is 20.2. The van der Waals surface area contributed by atoms with E-state index in [0.717, 1.165) is 30.3 Å². The van der Waals surface area contributed by atoms with E-state index in [1.54, 1.807) is 11.9 Å². The Kier molecular flexibility index (Phi) is 8.70. The number of aliphatic imine (C=N–C) groups is 1. The molecule has 1 unspecified atom stereocenters. The number of carbonyl (C=O) groups is 1. The van der Waals surface area contributed by atoms with Crippen LogP contribution in [0.2, 0.25) is 0 Å². The van der Waals surface area contributed by atoms with Gasteiger partial charge in [-0.05, 0) is 37.1 Å². The Bertz CT molecular complexity index is 1010. The molecular formula is C23H28F2IN5O2. The fraction of sp³-hybridized carbons (Fsp3) is 0.391. The molecule has 178 valence electrons. The largest absolute Gasteiger partial charge is 0.482 e. The average Bonchev–Trinajstić information content (AvgIpc) is 3.25. The fourth-order valence-electron chi connectivity index (χ4n) is 4.07. The van der Waals surface area contributed by atoms with E-state index in [1.165, 1.54) is 12.1 Å². The highest BCUT2D eigenvalue weighted by Crippen LogP contribution is 2.31. The highest BCUT2D eigenvalue weighted by atomic mass is 127. The smallest absolute Gasteiger partial charge is 0.265 e. The number of halogens is 3. The average molecular weight is 571 g/mol. The van der Waals surface area contributed by atoms with Crippen molar-refractivity contribution in [1.29, 1.82) is 0 Å². The Labute approximate surface area is 209 Å². The molecule has 0 bridgehead atoms. The Morgan fingerprint density at radius 3 is 2.82 bits per heavy atom. The third kappa shape index (κ3) is 6.04. The standard InChI is InChI=1S/C23H27F2N5O2.HI/c1-26-23(28-17-9-12-29(14-17)19-8-7-16(24)13-18(19)25)27-10-4-11-30-20-5-2-3-6-21(20)32-15-22(30)31;/h2-3,5-8,13,17H,4,9-12,14-15H2,1H3,(H2,26,27,28);1H. The van der Waals surface area contributed by atoms with Gasteiger partial charge in [-0.25, -0.2) is 8.78 Å². The van der Waals surface area contributed by atoms with Crippen LogP contribution in [-0.4, -0.2) is 57.7 Å². The summed E-state index contributed by atoms with van der Waals surface area (Å²) in [5.41, 5.74) is 1.21. The molecule has 10 heteroatoms. The number of nitrogens with zero attached hydrogens (tertiary/aromatic N) is 3. The van der Waals surface area contributed by atoms with Crippen LogP contribution in [0, 0.1) is 11.6 Å². The van der Waals surface area contributed by atoms with E-state index in [0.29, 0.717) is 37.8 Å². The van der Waals surface area contributed by atoms with E-state index in [4.69, 9.17) is 4.74 Å². The van der Waals surface area contributed by atoms with Crippen LogP contribution in [0.15, 0.2) is 47.5 Å². The number of rotatable bonds is 6. The lowest BCUT2D eigenvalue weighted by Gasteiger charge is -2.29. The molecule has 4 rings (SSSR count). The molecule has 33 heavy (non-hydrogen) atoms. The van der Waals surface area contributed by atoms with Gasteiger partial charge in [0.15, 0.2) is 12.6 Å². The van der Waals surface area contributed by atoms with Gasteiger partial charge in [-0.2, -0.15) is 0 Å². The first-order valence-electron chi connectivity index (χ1n) is 10.7. The first kappa shape index (κ1) is 25.0. The summed E-state index contributed by atoms with van der Waals surface area (Å²) in [5.74, 6) is 0.204. The molecule has 1 saturated heterocycles. The molecule has 0 spiro atoms. The van der Waals surface area contributed by atoms with Crippen LogP contribution in [0.1, 0.15) is 12.8 Å². The topological polar surface area (TPSA) is 69.2 Å². The zero-order chi connectivity index (χ0) is 22.5. The maximum absolute atomic E-state index is 14.1. The molecule has 1 fully saturated rings. The van der Waals surface area contributed by atoms with Gasteiger partial charge in [0.1, 0.15) is 17.4 Å². The predicted octanol–water partition coefficient (Wildman–Crippen LogP) is 3.14. The van der Waals surface area contributed by atoms with Gasteiger partial charge in [-0.1, -0.05) is 12.1 Å². The van der Waals surface area contributed by atoms with Crippen molar-refractivity contribution in [1.82, 2.24) is 10.6 Å². The monoisotopic (exact) mass is 571 g/mol. The van der Waals surface area contributed by atoms with Crippen LogP contribution in [0.4, 0.5) is 20.2 Å². The number of ether oxygens (including phenoxy) is 1. The molecule has 2 aromatic rings. The first-order valence-corrected chi connectivity index (χ1v) is 10.7. The molecule has 2 aromatic carbocycles. The molecular weight excluding hydrogens is 543 g/mol. The van der Waals surface area contributed by atoms with Crippen LogP contribution in [0.5, 0.6) is 5.75 Å². The molecule has 2 N–H and O–H groups in total. The van der Waals surface area contributed by atoms with Crippen molar-refractivity contribution in [3.8, 4) is 5.75 Å². The molecule has 2 aliphatic rings. The van der Waals surface area contributed by atoms with Crippen molar-refractivity contribution >= 4 is 47.2 Å². The van der Waals surface area contributed by atoms with E-state index in [1.807, 2.05) is 29.2 Å². The normalized spacial score (nSPS) is 17.8. The van der Waals surface area contributed by atoms with Gasteiger partial charge in [-0.3, -0.25) is 9.79 Å². The summed E-state index contributed by atoms with van der Waals surface area (Å²) in [5, 5.41) is 6.63. The summed E-state index contributed by atoms with van der Waals surface area (Å²) >= 11 is 0. The highest BCUT2D eigenvalue weighted by molar-refractivity contribution is 14.0. The number of para-hydroxylation sites is 2. The Hall–Kier alpha value is -2.63. The first-order chi connectivity index (χ1) is 15.5. The van der Waals surface area contributed by atoms with Gasteiger partial charge in [-0.15, -0.1) is 24.0 Å². The molecule has 2 aliphatic heterocycles. The number of fused-ring (bicyclic) bond motifs is 1. The minimum atomic E-state index is -0.577. The maximum Gasteiger partial charge on any atom is 0.265 e. The second kappa shape index (κ2) is 11.5. The fourth-order valence-corrected chi connectivity index (χ4v) is 4.07. The third-order valence-electron chi connectivity index (χ3n) is 5.66. The summed E-state index contributed by atoms with van der Waals surface area (Å²) < 4.78 is 32.7. The number of nitrogens with one attached hydrogen (secondary N) is 2. The van der Waals surface area contributed by atoms with Crippen molar-refractivity contribution in [3.05, 3.63) is 54.1 Å². The molecule has 2 heterocycles. The molecule has 7 nitrogen and oxygen atoms in total. The van der Waals surface area contributed by atoms with E-state index < -0.39 is 11.6 Å². The zero-order valence-electron chi connectivity index (χ0n) is 18.4. The number of anilines is 2. The predicted molar refractivity (Wildman–Crippen MR) is 136 cm³/mol. The van der Waals surface area contributed by atoms with Crippen molar-refractivity contribution < 1.29 is 18.3 Å². The third-order valence-corrected chi connectivity index (χ3v) is 5.66. The van der Waals surface area contributed by atoms with E-state index >= 15 is 0 Å². The Morgan fingerprint density at radius 1 is 1.21 bits per heavy atom. The van der Waals surface area contributed by atoms with Gasteiger partial charge in [0.25, 0.3) is 5.91 Å². The van der Waals surface area contributed by atoms with Gasteiger partial charge in [0, 0.05) is 45.3 Å². The number of hydrogen-bond donors (Lipinski definition) is 2. The van der Waals surface area contributed by atoms with Crippen LogP contribution in [0.3, 0.4) is 0 Å². The summed E-state index contributed by atoms with van der Waals surface area (Å²) in [6.07, 6.45) is 1.55. The molecule has 0 saturated carbocycles. The molecule has 0 radical (unpaired) electrons. The van der Waals surface area contributed by atoms with Gasteiger partial charge >= 0.3 is 0 Å².